The molecule has 1 N–H and O–H groups in total. The molecule has 3 aromatic carbocycles. The molecule has 0 unspecified atom stereocenters. The molecule has 0 amide bonds. The molecule has 0 radical (unpaired) electrons. The molecule has 0 spiro atoms. The highest BCUT2D eigenvalue weighted by Gasteiger charge is 2.06. The van der Waals surface area contributed by atoms with Crippen molar-refractivity contribution in [3.05, 3.63) is 84.2 Å². The third-order valence-electron chi connectivity index (χ3n) is 4.11. The van der Waals surface area contributed by atoms with Gasteiger partial charge in [0.15, 0.2) is 5.13 Å². The molecule has 0 saturated heterocycles. The maximum atomic E-state index is 4.73. The van der Waals surface area contributed by atoms with Crippen molar-refractivity contribution in [1.29, 1.82) is 0 Å². The molecule has 0 aliphatic carbocycles. The van der Waals surface area contributed by atoms with Crippen LogP contribution in [0.3, 0.4) is 0 Å². The van der Waals surface area contributed by atoms with E-state index in [4.69, 9.17) is 4.98 Å². The summed E-state index contributed by atoms with van der Waals surface area (Å²) >= 11 is 3.36. The molecule has 4 aromatic rings. The normalized spacial score (nSPS) is 10.7. The molecule has 0 saturated carbocycles. The monoisotopic (exact) mass is 374 g/mol. The highest BCUT2D eigenvalue weighted by atomic mass is 32.2. The number of hydrogen-bond donors (Lipinski definition) is 1. The lowest BCUT2D eigenvalue weighted by atomic mass is 10.0. The van der Waals surface area contributed by atoms with E-state index in [0.29, 0.717) is 0 Å². The van der Waals surface area contributed by atoms with Gasteiger partial charge in [0.1, 0.15) is 0 Å². The van der Waals surface area contributed by atoms with E-state index in [2.05, 4.69) is 89.7 Å². The maximum Gasteiger partial charge on any atom is 0.187 e. The van der Waals surface area contributed by atoms with Gasteiger partial charge in [0.25, 0.3) is 0 Å². The summed E-state index contributed by atoms with van der Waals surface area (Å²) in [6.07, 6.45) is 2.08. The van der Waals surface area contributed by atoms with Crippen LogP contribution in [0, 0.1) is 0 Å². The molecular formula is C22H18N2S2. The van der Waals surface area contributed by atoms with Crippen molar-refractivity contribution >= 4 is 33.9 Å². The lowest BCUT2D eigenvalue weighted by Crippen LogP contribution is -1.89. The van der Waals surface area contributed by atoms with Gasteiger partial charge >= 0.3 is 0 Å². The Balaban J connectivity index is 1.52. The van der Waals surface area contributed by atoms with E-state index in [-0.39, 0.29) is 0 Å². The van der Waals surface area contributed by atoms with Crippen LogP contribution in [0.5, 0.6) is 0 Å². The standard InChI is InChI=1S/C22H18N2S2/c1-25-20-9-5-8-19(14-20)23-22-24-21(15-26-22)18-12-10-17(11-13-18)16-6-3-2-4-7-16/h2-15H,1H3,(H,23,24). The summed E-state index contributed by atoms with van der Waals surface area (Å²) in [5.74, 6) is 0. The average Bonchev–Trinajstić information content (AvgIpc) is 3.17. The molecule has 0 aliphatic rings. The Morgan fingerprint density at radius 1 is 0.808 bits per heavy atom. The van der Waals surface area contributed by atoms with Crippen LogP contribution >= 0.6 is 23.1 Å². The second-order valence-electron chi connectivity index (χ2n) is 5.84. The molecule has 0 atom stereocenters. The Kier molecular flexibility index (Phi) is 5.04. The Hall–Kier alpha value is -2.56. The topological polar surface area (TPSA) is 24.9 Å². The summed E-state index contributed by atoms with van der Waals surface area (Å²) in [4.78, 5) is 5.97. The Morgan fingerprint density at radius 3 is 2.31 bits per heavy atom. The average molecular weight is 375 g/mol. The summed E-state index contributed by atoms with van der Waals surface area (Å²) in [7, 11) is 0. The first-order valence-electron chi connectivity index (χ1n) is 8.34. The van der Waals surface area contributed by atoms with Gasteiger partial charge in [-0.2, -0.15) is 0 Å². The first-order valence-corrected chi connectivity index (χ1v) is 10.4. The van der Waals surface area contributed by atoms with E-state index < -0.39 is 0 Å². The zero-order valence-electron chi connectivity index (χ0n) is 14.3. The van der Waals surface area contributed by atoms with Crippen LogP contribution < -0.4 is 5.32 Å². The van der Waals surface area contributed by atoms with E-state index in [9.17, 15) is 0 Å². The second kappa shape index (κ2) is 7.77. The van der Waals surface area contributed by atoms with Crippen molar-refractivity contribution < 1.29 is 0 Å². The van der Waals surface area contributed by atoms with Gasteiger partial charge in [-0.25, -0.2) is 4.98 Å². The number of rotatable bonds is 5. The van der Waals surface area contributed by atoms with Gasteiger partial charge in [0.05, 0.1) is 5.69 Å². The number of thiazole rings is 1. The summed E-state index contributed by atoms with van der Waals surface area (Å²) in [5.41, 5.74) is 5.65. The highest BCUT2D eigenvalue weighted by molar-refractivity contribution is 7.98. The lowest BCUT2D eigenvalue weighted by molar-refractivity contribution is 1.37. The Morgan fingerprint density at radius 2 is 1.54 bits per heavy atom. The van der Waals surface area contributed by atoms with Crippen LogP contribution in [0.2, 0.25) is 0 Å². The van der Waals surface area contributed by atoms with Gasteiger partial charge in [0.2, 0.25) is 0 Å². The minimum absolute atomic E-state index is 0.908. The smallest absolute Gasteiger partial charge is 0.187 e. The third-order valence-corrected chi connectivity index (χ3v) is 5.60. The van der Waals surface area contributed by atoms with Gasteiger partial charge in [-0.1, -0.05) is 60.7 Å². The van der Waals surface area contributed by atoms with Crippen molar-refractivity contribution in [2.45, 2.75) is 4.90 Å². The lowest BCUT2D eigenvalue weighted by Gasteiger charge is -2.04. The van der Waals surface area contributed by atoms with Crippen molar-refractivity contribution in [2.75, 3.05) is 11.6 Å². The molecule has 4 heteroatoms. The second-order valence-corrected chi connectivity index (χ2v) is 7.58. The van der Waals surface area contributed by atoms with Crippen molar-refractivity contribution in [3.63, 3.8) is 0 Å². The molecule has 128 valence electrons. The van der Waals surface area contributed by atoms with Gasteiger partial charge < -0.3 is 5.32 Å². The molecule has 0 bridgehead atoms. The Labute approximate surface area is 162 Å². The van der Waals surface area contributed by atoms with Crippen LogP contribution in [0.25, 0.3) is 22.4 Å². The summed E-state index contributed by atoms with van der Waals surface area (Å²) in [6, 6.07) is 27.4. The minimum Gasteiger partial charge on any atom is -0.332 e. The van der Waals surface area contributed by atoms with Crippen LogP contribution in [0.4, 0.5) is 10.8 Å². The molecule has 1 aromatic heterocycles. The van der Waals surface area contributed by atoms with Crippen molar-refractivity contribution in [1.82, 2.24) is 4.98 Å². The van der Waals surface area contributed by atoms with E-state index >= 15 is 0 Å². The number of nitrogens with one attached hydrogen (secondary N) is 1. The SMILES string of the molecule is CSc1cccc(Nc2nc(-c3ccc(-c4ccccc4)cc3)cs2)c1. The number of thioether (sulfide) groups is 1. The van der Waals surface area contributed by atoms with Crippen LogP contribution in [-0.2, 0) is 0 Å². The quantitative estimate of drug-likeness (QED) is 0.383. The van der Waals surface area contributed by atoms with Gasteiger partial charge in [0, 0.05) is 21.5 Å². The van der Waals surface area contributed by atoms with Crippen molar-refractivity contribution in [3.8, 4) is 22.4 Å². The first kappa shape index (κ1) is 16.9. The fourth-order valence-electron chi connectivity index (χ4n) is 2.75. The van der Waals surface area contributed by atoms with Crippen LogP contribution in [-0.4, -0.2) is 11.2 Å². The fraction of sp³-hybridized carbons (Fsp3) is 0.0455. The third kappa shape index (κ3) is 3.82. The molecule has 26 heavy (non-hydrogen) atoms. The highest BCUT2D eigenvalue weighted by Crippen LogP contribution is 2.30. The summed E-state index contributed by atoms with van der Waals surface area (Å²) in [5, 5.41) is 6.40. The molecular weight excluding hydrogens is 356 g/mol. The predicted octanol–water partition coefficient (Wildman–Crippen LogP) is 6.94. The Bertz CT molecular complexity index is 992. The number of benzene rings is 3. The van der Waals surface area contributed by atoms with Gasteiger partial charge in [-0.05, 0) is 35.6 Å². The van der Waals surface area contributed by atoms with Gasteiger partial charge in [-0.3, -0.25) is 0 Å². The first-order chi connectivity index (χ1) is 12.8. The van der Waals surface area contributed by atoms with Gasteiger partial charge in [-0.15, -0.1) is 23.1 Å². The van der Waals surface area contributed by atoms with Crippen molar-refractivity contribution in [2.24, 2.45) is 0 Å². The van der Waals surface area contributed by atoms with Crippen LogP contribution in [0.15, 0.2) is 89.1 Å². The number of aromatic nitrogens is 1. The minimum atomic E-state index is 0.908. The maximum absolute atomic E-state index is 4.73. The van der Waals surface area contributed by atoms with E-state index in [1.54, 1.807) is 23.1 Å². The molecule has 0 aliphatic heterocycles. The van der Waals surface area contributed by atoms with E-state index in [0.717, 1.165) is 22.1 Å². The molecule has 2 nitrogen and oxygen atoms in total. The fourth-order valence-corrected chi connectivity index (χ4v) is 3.95. The zero-order chi connectivity index (χ0) is 17.8. The number of anilines is 2. The molecule has 0 fully saturated rings. The largest absolute Gasteiger partial charge is 0.332 e. The molecule has 4 rings (SSSR count). The van der Waals surface area contributed by atoms with E-state index in [1.165, 1.54) is 16.0 Å². The molecule has 1 heterocycles. The number of nitrogens with zero attached hydrogens (tertiary/aromatic N) is 1. The summed E-state index contributed by atoms with van der Waals surface area (Å²) < 4.78 is 0. The van der Waals surface area contributed by atoms with Crippen LogP contribution in [0.1, 0.15) is 0 Å². The number of hydrogen-bond acceptors (Lipinski definition) is 4. The predicted molar refractivity (Wildman–Crippen MR) is 114 cm³/mol. The van der Waals surface area contributed by atoms with E-state index in [1.807, 2.05) is 6.07 Å². The summed E-state index contributed by atoms with van der Waals surface area (Å²) in [6.45, 7) is 0. The zero-order valence-corrected chi connectivity index (χ0v) is 16.0.